The fraction of sp³-hybridized carbons (Fsp3) is 0.400. The van der Waals surface area contributed by atoms with Crippen molar-refractivity contribution in [3.63, 3.8) is 0 Å². The zero-order valence-electron chi connectivity index (χ0n) is 24.2. The number of rotatable bonds is 11. The largest absolute Gasteiger partial charge is 0.491 e. The number of benzene rings is 3. The summed E-state index contributed by atoms with van der Waals surface area (Å²) in [6, 6.07) is 21.8. The average molecular weight is 570 g/mol. The molecule has 0 amide bonds. The summed E-state index contributed by atoms with van der Waals surface area (Å²) in [5.74, 6) is 2.67. The van der Waals surface area contributed by atoms with Crippen LogP contribution < -0.4 is 18.9 Å². The second-order valence-electron chi connectivity index (χ2n) is 11.3. The topological polar surface area (TPSA) is 77.5 Å². The maximum Gasteiger partial charge on any atom is 0.314 e. The fourth-order valence-corrected chi connectivity index (χ4v) is 5.74. The van der Waals surface area contributed by atoms with Crippen molar-refractivity contribution >= 4 is 17.1 Å². The van der Waals surface area contributed by atoms with Crippen molar-refractivity contribution in [1.29, 1.82) is 0 Å². The van der Waals surface area contributed by atoms with E-state index in [2.05, 4.69) is 30.0 Å². The number of carbonyl (C=O) groups excluding carboxylic acids is 1. The van der Waals surface area contributed by atoms with E-state index in [1.807, 2.05) is 48.5 Å². The minimum atomic E-state index is -0.525. The van der Waals surface area contributed by atoms with Gasteiger partial charge in [-0.2, -0.15) is 0 Å². The van der Waals surface area contributed by atoms with E-state index >= 15 is 0 Å². The zero-order valence-corrected chi connectivity index (χ0v) is 24.2. The molecule has 6 rings (SSSR count). The molecule has 3 aromatic rings. The monoisotopic (exact) mass is 569 g/mol. The van der Waals surface area contributed by atoms with E-state index < -0.39 is 6.10 Å². The van der Waals surface area contributed by atoms with Crippen molar-refractivity contribution in [3.05, 3.63) is 83.4 Å². The molecule has 3 aromatic carbocycles. The third-order valence-corrected chi connectivity index (χ3v) is 8.15. The summed E-state index contributed by atoms with van der Waals surface area (Å²) in [7, 11) is 0. The van der Waals surface area contributed by atoms with Crippen molar-refractivity contribution in [2.45, 2.75) is 51.6 Å². The Hall–Kier alpha value is -3.81. The Kier molecular flexibility index (Phi) is 8.77. The van der Waals surface area contributed by atoms with Crippen LogP contribution in [0.2, 0.25) is 0 Å². The summed E-state index contributed by atoms with van der Waals surface area (Å²) < 4.78 is 22.8. The van der Waals surface area contributed by atoms with Gasteiger partial charge in [-0.05, 0) is 109 Å². The number of β-amino-alcohol motifs (C(OH)–C–C–N with tert-alkyl or cyclic N) is 1. The maximum absolute atomic E-state index is 12.2. The molecular weight excluding hydrogens is 530 g/mol. The lowest BCUT2D eigenvalue weighted by molar-refractivity contribution is -0.135. The summed E-state index contributed by atoms with van der Waals surface area (Å²) in [5, 5.41) is 10.5. The number of aliphatic hydroxyl groups is 1. The summed E-state index contributed by atoms with van der Waals surface area (Å²) in [4.78, 5) is 14.5. The number of esters is 1. The number of hydrogen-bond donors (Lipinski definition) is 1. The number of nitrogens with zero attached hydrogens (tertiary/aromatic N) is 1. The molecule has 0 radical (unpaired) electrons. The molecule has 2 aliphatic heterocycles. The average Bonchev–Trinajstić information content (AvgIpc) is 3.77. The van der Waals surface area contributed by atoms with Gasteiger partial charge in [-0.25, -0.2) is 0 Å². The quantitative estimate of drug-likeness (QED) is 0.164. The van der Waals surface area contributed by atoms with E-state index in [-0.39, 0.29) is 25.3 Å². The summed E-state index contributed by atoms with van der Waals surface area (Å²) in [6.45, 7) is 5.38. The molecular formula is C35H39NO6. The first-order valence-electron chi connectivity index (χ1n) is 15.2. The van der Waals surface area contributed by atoms with Gasteiger partial charge in [0, 0.05) is 6.54 Å². The molecule has 0 spiro atoms. The van der Waals surface area contributed by atoms with Gasteiger partial charge in [0.25, 0.3) is 0 Å². The van der Waals surface area contributed by atoms with Crippen LogP contribution in [-0.4, -0.2) is 55.1 Å². The Morgan fingerprint density at radius 1 is 0.881 bits per heavy atom. The maximum atomic E-state index is 12.2. The van der Waals surface area contributed by atoms with Crippen molar-refractivity contribution in [3.8, 4) is 23.0 Å². The second-order valence-corrected chi connectivity index (χ2v) is 11.3. The smallest absolute Gasteiger partial charge is 0.314 e. The lowest BCUT2D eigenvalue weighted by atomic mass is 9.88. The van der Waals surface area contributed by atoms with E-state index in [0.717, 1.165) is 77.4 Å². The lowest BCUT2D eigenvalue weighted by Gasteiger charge is -2.28. The zero-order chi connectivity index (χ0) is 28.9. The molecule has 2 fully saturated rings. The van der Waals surface area contributed by atoms with E-state index in [1.165, 1.54) is 19.3 Å². The standard InChI is InChI=1S/C35H39NO6/c1-2-31(27-12-17-32-33(20-27)41-23-40-32)34(25-10-15-30(16-11-25)42-35(38)26-6-7-26)24-8-13-29(14-9-24)39-22-28(37)21-36-18-4-3-5-19-36/h8-17,20,26,28,37H,2-7,18-19,21-23H2,1H3/b34-31+. The molecule has 0 bridgehead atoms. The van der Waals surface area contributed by atoms with Crippen LogP contribution in [0.5, 0.6) is 23.0 Å². The lowest BCUT2D eigenvalue weighted by Crippen LogP contribution is -2.38. The highest BCUT2D eigenvalue weighted by Gasteiger charge is 2.31. The molecule has 1 aliphatic carbocycles. The van der Waals surface area contributed by atoms with Crippen LogP contribution in [0.3, 0.4) is 0 Å². The van der Waals surface area contributed by atoms with Gasteiger partial charge in [0.2, 0.25) is 6.79 Å². The van der Waals surface area contributed by atoms with Gasteiger partial charge in [-0.15, -0.1) is 0 Å². The van der Waals surface area contributed by atoms with Crippen LogP contribution >= 0.6 is 0 Å². The molecule has 1 saturated heterocycles. The van der Waals surface area contributed by atoms with Crippen molar-refractivity contribution in [1.82, 2.24) is 4.90 Å². The van der Waals surface area contributed by atoms with Gasteiger partial charge < -0.3 is 29.0 Å². The third kappa shape index (κ3) is 6.80. The van der Waals surface area contributed by atoms with Crippen molar-refractivity contribution in [2.24, 2.45) is 5.92 Å². The number of aliphatic hydroxyl groups excluding tert-OH is 1. The SMILES string of the molecule is CC/C(=C(/c1ccc(OCC(O)CN2CCCCC2)cc1)c1ccc(OC(=O)C2CC2)cc1)c1ccc2c(c1)OCO2. The Morgan fingerprint density at radius 3 is 2.19 bits per heavy atom. The molecule has 1 N–H and O–H groups in total. The van der Waals surface area contributed by atoms with Crippen LogP contribution in [0.15, 0.2) is 66.7 Å². The molecule has 0 aromatic heterocycles. The predicted octanol–water partition coefficient (Wildman–Crippen LogP) is 6.33. The molecule has 1 atom stereocenters. The Labute approximate surface area is 247 Å². The van der Waals surface area contributed by atoms with Crippen molar-refractivity contribution in [2.75, 3.05) is 33.0 Å². The van der Waals surface area contributed by atoms with Crippen LogP contribution in [0.1, 0.15) is 62.1 Å². The van der Waals surface area contributed by atoms with Gasteiger partial charge in [0.15, 0.2) is 11.5 Å². The van der Waals surface area contributed by atoms with E-state index in [0.29, 0.717) is 12.3 Å². The Balaban J connectivity index is 1.25. The number of piperidine rings is 1. The predicted molar refractivity (Wildman–Crippen MR) is 162 cm³/mol. The molecule has 1 unspecified atom stereocenters. The molecule has 220 valence electrons. The minimum Gasteiger partial charge on any atom is -0.491 e. The first-order chi connectivity index (χ1) is 20.6. The highest BCUT2D eigenvalue weighted by atomic mass is 16.7. The van der Waals surface area contributed by atoms with Crippen LogP contribution in [0.4, 0.5) is 0 Å². The first kappa shape index (κ1) is 28.3. The number of allylic oxidation sites excluding steroid dienone is 1. The number of hydrogen-bond acceptors (Lipinski definition) is 7. The molecule has 7 nitrogen and oxygen atoms in total. The normalized spacial score (nSPS) is 17.9. The second kappa shape index (κ2) is 13.0. The highest BCUT2D eigenvalue weighted by Crippen LogP contribution is 2.40. The number of likely N-dealkylation sites (tertiary alicyclic amines) is 1. The number of fused-ring (bicyclic) bond motifs is 1. The number of carbonyl (C=O) groups is 1. The Bertz CT molecular complexity index is 1400. The van der Waals surface area contributed by atoms with Crippen molar-refractivity contribution < 1.29 is 28.8 Å². The molecule has 7 heteroatoms. The summed E-state index contributed by atoms with van der Waals surface area (Å²) >= 11 is 0. The molecule has 1 saturated carbocycles. The van der Waals surface area contributed by atoms with Gasteiger partial charge in [-0.1, -0.05) is 43.7 Å². The fourth-order valence-electron chi connectivity index (χ4n) is 5.74. The highest BCUT2D eigenvalue weighted by molar-refractivity contribution is 5.99. The van der Waals surface area contributed by atoms with Crippen LogP contribution in [0.25, 0.3) is 11.1 Å². The van der Waals surface area contributed by atoms with Gasteiger partial charge in [0.05, 0.1) is 5.92 Å². The summed E-state index contributed by atoms with van der Waals surface area (Å²) in [5.41, 5.74) is 5.34. The molecule has 3 aliphatic rings. The van der Waals surface area contributed by atoms with E-state index in [4.69, 9.17) is 18.9 Å². The summed E-state index contributed by atoms with van der Waals surface area (Å²) in [6.07, 6.45) is 5.76. The molecule has 2 heterocycles. The van der Waals surface area contributed by atoms with Crippen LogP contribution in [0, 0.1) is 5.92 Å². The van der Waals surface area contributed by atoms with Gasteiger partial charge >= 0.3 is 5.97 Å². The van der Waals surface area contributed by atoms with E-state index in [9.17, 15) is 9.90 Å². The Morgan fingerprint density at radius 2 is 1.52 bits per heavy atom. The minimum absolute atomic E-state index is 0.0458. The third-order valence-electron chi connectivity index (χ3n) is 8.15. The van der Waals surface area contributed by atoms with Crippen LogP contribution in [-0.2, 0) is 4.79 Å². The van der Waals surface area contributed by atoms with Gasteiger partial charge in [0.1, 0.15) is 24.2 Å². The molecule has 42 heavy (non-hydrogen) atoms. The number of ether oxygens (including phenoxy) is 4. The first-order valence-corrected chi connectivity index (χ1v) is 15.2. The van der Waals surface area contributed by atoms with E-state index in [1.54, 1.807) is 0 Å². The van der Waals surface area contributed by atoms with Gasteiger partial charge in [-0.3, -0.25) is 4.79 Å².